The third-order valence-electron chi connectivity index (χ3n) is 10.4. The predicted molar refractivity (Wildman–Crippen MR) is 170 cm³/mol. The zero-order valence-corrected chi connectivity index (χ0v) is 30.2. The molecular formula is C28H53N10O15P+4. The molecular weight excluding hydrogens is 747 g/mol. The minimum absolute atomic E-state index is 0.00284. The lowest BCUT2D eigenvalue weighted by Crippen LogP contribution is -2.84. The molecule has 306 valence electrons. The predicted octanol–water partition coefficient (Wildman–Crippen LogP) is -11.3. The van der Waals surface area contributed by atoms with E-state index in [2.05, 4.69) is 43.6 Å². The number of ether oxygens (including phenoxy) is 5. The van der Waals surface area contributed by atoms with Crippen LogP contribution >= 0.6 is 7.82 Å². The fraction of sp³-hybridized carbons (Fsp3) is 0.821. The second-order valence-electron chi connectivity index (χ2n) is 14.2. The number of hydrogen-bond acceptors (Lipinski definition) is 19. The molecule has 0 amide bonds. The third-order valence-corrected chi connectivity index (χ3v) is 11.4. The fourth-order valence-electron chi connectivity index (χ4n) is 7.33. The van der Waals surface area contributed by atoms with Crippen molar-refractivity contribution < 1.29 is 101 Å². The van der Waals surface area contributed by atoms with E-state index in [-0.39, 0.29) is 29.9 Å². The lowest BCUT2D eigenvalue weighted by Gasteiger charge is -2.45. The van der Waals surface area contributed by atoms with Gasteiger partial charge >= 0.3 is 0 Å². The Bertz CT molecular complexity index is 1620. The summed E-state index contributed by atoms with van der Waals surface area (Å²) in [5.74, 6) is 0.0927. The van der Waals surface area contributed by atoms with E-state index in [9.17, 15) is 40.1 Å². The van der Waals surface area contributed by atoms with Gasteiger partial charge in [0.1, 0.15) is 104 Å². The third kappa shape index (κ3) is 8.27. The number of hydrogen-bond donors (Lipinski definition) is 12. The minimum atomic E-state index is -5.09. The van der Waals surface area contributed by atoms with E-state index < -0.39 is 131 Å². The Morgan fingerprint density at radius 2 is 1.52 bits per heavy atom. The van der Waals surface area contributed by atoms with Crippen molar-refractivity contribution in [2.45, 2.75) is 123 Å². The van der Waals surface area contributed by atoms with Gasteiger partial charge in [-0.05, 0) is 0 Å². The minimum Gasteiger partial charge on any atom is -0.756 e. The molecule has 2 aromatic rings. The van der Waals surface area contributed by atoms with E-state index >= 15 is 0 Å². The molecule has 23 N–H and O–H groups in total. The Labute approximate surface area is 307 Å². The van der Waals surface area contributed by atoms with Gasteiger partial charge in [0.05, 0.1) is 26.0 Å². The molecule has 2 aromatic heterocycles. The maximum absolute atomic E-state index is 13.0. The number of nitrogens with zero attached hydrogens (tertiary/aromatic N) is 4. The molecule has 6 rings (SSSR count). The van der Waals surface area contributed by atoms with Crippen LogP contribution in [0.2, 0.25) is 0 Å². The van der Waals surface area contributed by atoms with Gasteiger partial charge in [0, 0.05) is 6.42 Å². The monoisotopic (exact) mass is 800 g/mol. The van der Waals surface area contributed by atoms with Crippen LogP contribution in [0.15, 0.2) is 12.7 Å². The molecule has 1 unspecified atom stereocenters. The van der Waals surface area contributed by atoms with Gasteiger partial charge in [-0.3, -0.25) is 9.13 Å². The molecule has 0 radical (unpaired) electrons. The summed E-state index contributed by atoms with van der Waals surface area (Å²) >= 11 is 0. The Kier molecular flexibility index (Phi) is 12.8. The molecule has 19 atom stereocenters. The summed E-state index contributed by atoms with van der Waals surface area (Å²) in [6.07, 6.45) is -14.3. The largest absolute Gasteiger partial charge is 0.756 e. The van der Waals surface area contributed by atoms with Crippen molar-refractivity contribution in [1.82, 2.24) is 19.5 Å². The molecule has 25 nitrogen and oxygen atoms in total. The maximum atomic E-state index is 13.0. The normalized spacial score (nSPS) is 44.4. The van der Waals surface area contributed by atoms with E-state index in [1.807, 2.05) is 0 Å². The van der Waals surface area contributed by atoms with E-state index in [1.54, 1.807) is 0 Å². The summed E-state index contributed by atoms with van der Waals surface area (Å²) in [6, 6.07) is -2.70. The fourth-order valence-corrected chi connectivity index (χ4v) is 8.27. The highest BCUT2D eigenvalue weighted by Crippen LogP contribution is 2.44. The number of fused-ring (bicyclic) bond motifs is 1. The number of nitrogen functional groups attached to an aromatic ring is 1. The molecule has 1 aliphatic carbocycles. The Morgan fingerprint density at radius 3 is 2.19 bits per heavy atom. The second kappa shape index (κ2) is 16.7. The number of aliphatic hydroxyl groups is 6. The summed E-state index contributed by atoms with van der Waals surface area (Å²) < 4.78 is 54.4. The van der Waals surface area contributed by atoms with E-state index in [0.717, 1.165) is 0 Å². The molecule has 3 saturated heterocycles. The number of aromatic nitrogens is 4. The van der Waals surface area contributed by atoms with Crippen molar-refractivity contribution in [2.24, 2.45) is 0 Å². The van der Waals surface area contributed by atoms with Crippen LogP contribution in [-0.2, 0) is 37.3 Å². The number of imidazole rings is 1. The molecule has 3 aliphatic heterocycles. The Morgan fingerprint density at radius 1 is 0.852 bits per heavy atom. The number of phosphoric acid groups is 1. The van der Waals surface area contributed by atoms with Crippen LogP contribution in [-0.4, -0.2) is 174 Å². The first-order chi connectivity index (χ1) is 25.5. The summed E-state index contributed by atoms with van der Waals surface area (Å²) in [5, 5.41) is 63.3. The van der Waals surface area contributed by atoms with Gasteiger partial charge in [-0.2, -0.15) is 0 Å². The molecule has 4 fully saturated rings. The van der Waals surface area contributed by atoms with Gasteiger partial charge in [-0.1, -0.05) is 0 Å². The summed E-state index contributed by atoms with van der Waals surface area (Å²) in [6.45, 7) is -1.22. The second-order valence-corrected chi connectivity index (χ2v) is 15.5. The lowest BCUT2D eigenvalue weighted by atomic mass is 9.84. The lowest BCUT2D eigenvalue weighted by molar-refractivity contribution is -0.534. The van der Waals surface area contributed by atoms with Gasteiger partial charge in [0.15, 0.2) is 30.1 Å². The number of nitrogens with two attached hydrogens (primary N) is 1. The van der Waals surface area contributed by atoms with E-state index in [0.29, 0.717) is 6.42 Å². The molecule has 4 aliphatic rings. The highest BCUT2D eigenvalue weighted by Gasteiger charge is 2.54. The van der Waals surface area contributed by atoms with Crippen LogP contribution in [0, 0.1) is 0 Å². The highest BCUT2D eigenvalue weighted by molar-refractivity contribution is 7.45. The molecule has 1 saturated carbocycles. The van der Waals surface area contributed by atoms with Crippen LogP contribution in [0.25, 0.3) is 11.2 Å². The zero-order chi connectivity index (χ0) is 39.2. The van der Waals surface area contributed by atoms with Crippen LogP contribution in [0.3, 0.4) is 0 Å². The van der Waals surface area contributed by atoms with Crippen molar-refractivity contribution in [1.29, 1.82) is 0 Å². The first-order valence-corrected chi connectivity index (χ1v) is 19.0. The van der Waals surface area contributed by atoms with E-state index in [1.165, 1.54) is 17.2 Å². The van der Waals surface area contributed by atoms with Crippen molar-refractivity contribution >= 4 is 24.8 Å². The van der Waals surface area contributed by atoms with Gasteiger partial charge in [-0.15, -0.1) is 0 Å². The van der Waals surface area contributed by atoms with E-state index in [4.69, 9.17) is 38.5 Å². The molecule has 0 bridgehead atoms. The summed E-state index contributed by atoms with van der Waals surface area (Å²) in [4.78, 5) is 25.1. The number of aliphatic hydroxyl groups excluding tert-OH is 6. The molecule has 26 heteroatoms. The molecule has 5 heterocycles. The zero-order valence-electron chi connectivity index (χ0n) is 29.3. The number of rotatable bonds is 12. The van der Waals surface area contributed by atoms with Crippen LogP contribution in [0.5, 0.6) is 0 Å². The number of phosphoric ester groups is 1. The summed E-state index contributed by atoms with van der Waals surface area (Å²) in [5.41, 5.74) is 26.1. The van der Waals surface area contributed by atoms with Gasteiger partial charge < -0.3 is 103 Å². The Balaban J connectivity index is 1.04. The van der Waals surface area contributed by atoms with Gasteiger partial charge in [0.2, 0.25) is 6.29 Å². The van der Waals surface area contributed by atoms with Crippen molar-refractivity contribution in [2.75, 3.05) is 25.5 Å². The average Bonchev–Trinajstić information content (AvgIpc) is 3.68. The first-order valence-electron chi connectivity index (χ1n) is 17.5. The SMILES string of the molecule is Nc1ncnc2c1ncn2[C@@H]1O[C@H](COP(=O)([O-])O[C@H]2C[C@@H]([NH3+])[C@@H](O[C@H]3[C@H](O)[C@@H](O[C@H]4O[C@H](CO)[C@@H](O)[C@H]([NH3+])[C@H]4O)[C@H]([NH3+])C[C@@H]3[NH3+])O[C@@H]2C[NH3+])[C@@H](O)[C@H]1O. The van der Waals surface area contributed by atoms with Crippen LogP contribution in [0.1, 0.15) is 19.1 Å². The summed E-state index contributed by atoms with van der Waals surface area (Å²) in [7, 11) is -5.09. The van der Waals surface area contributed by atoms with Crippen molar-refractivity contribution in [3.63, 3.8) is 0 Å². The number of anilines is 1. The number of quaternary nitrogens is 5. The highest BCUT2D eigenvalue weighted by atomic mass is 31.2. The Hall–Kier alpha value is -2.18. The molecule has 54 heavy (non-hydrogen) atoms. The van der Waals surface area contributed by atoms with Gasteiger partial charge in [-0.25, -0.2) is 15.0 Å². The molecule has 0 aromatic carbocycles. The van der Waals surface area contributed by atoms with Crippen molar-refractivity contribution in [3.8, 4) is 0 Å². The van der Waals surface area contributed by atoms with Crippen LogP contribution in [0.4, 0.5) is 5.82 Å². The topological polar surface area (TPSA) is 434 Å². The molecule has 0 spiro atoms. The van der Waals surface area contributed by atoms with Crippen LogP contribution < -0.4 is 39.3 Å². The van der Waals surface area contributed by atoms with Crippen molar-refractivity contribution in [3.05, 3.63) is 12.7 Å². The standard InChI is InChI=1S/C28H49N10O15P/c29-3-12-11(53-54(45,46)47-5-14-18(41)20(43)26(48-14)38-7-37-16-24(34)35-6-36-25(16)38)2-10(32)27(49-12)51-22-8(30)1-9(31)23(21(22)44)52-28-19(42)15(33)17(40)13(4-39)50-28/h6-15,17-23,26-28,39-44H,1-5,29-33H2,(H,45,46)(H2,34,35,36)/p+4/t8-,9+,10+,11-,12+,13+,14+,15-,17+,18+,19+,20+,21-,22+,23-,26+,27+,28+/m0/s1. The first kappa shape index (κ1) is 41.5. The maximum Gasteiger partial charge on any atom is 0.268 e. The average molecular weight is 801 g/mol. The smallest absolute Gasteiger partial charge is 0.268 e. The quantitative estimate of drug-likeness (QED) is 0.0887. The van der Waals surface area contributed by atoms with Gasteiger partial charge in [0.25, 0.3) is 7.82 Å².